The summed E-state index contributed by atoms with van der Waals surface area (Å²) in [6.07, 6.45) is 5.87. The summed E-state index contributed by atoms with van der Waals surface area (Å²) in [6.45, 7) is 1.81. The van der Waals surface area contributed by atoms with Crippen molar-refractivity contribution in [2.24, 2.45) is 9.98 Å². The van der Waals surface area contributed by atoms with Crippen LogP contribution in [0.1, 0.15) is 11.1 Å². The van der Waals surface area contributed by atoms with Gasteiger partial charge in [-0.1, -0.05) is 18.2 Å². The monoisotopic (exact) mass is 412 g/mol. The summed E-state index contributed by atoms with van der Waals surface area (Å²) < 4.78 is 25.2. The normalized spacial score (nSPS) is 16.9. The second-order valence-electron chi connectivity index (χ2n) is 6.38. The SMILES string of the molecule is Cc1cnccc1/C=C(\O)C(=O)NCC1=NCC(S(=O)(=O)c2ccccc2)C=N1. The molecule has 2 N–H and O–H groups in total. The first kappa shape index (κ1) is 20.4. The van der Waals surface area contributed by atoms with Crippen LogP contribution in [0.15, 0.2) is 69.4 Å². The van der Waals surface area contributed by atoms with Crippen LogP contribution < -0.4 is 5.32 Å². The van der Waals surface area contributed by atoms with Crippen LogP contribution in [-0.2, 0) is 14.6 Å². The molecule has 0 saturated heterocycles. The highest BCUT2D eigenvalue weighted by molar-refractivity contribution is 7.92. The zero-order chi connectivity index (χ0) is 20.9. The quantitative estimate of drug-likeness (QED) is 0.553. The Kier molecular flexibility index (Phi) is 6.18. The summed E-state index contributed by atoms with van der Waals surface area (Å²) in [7, 11) is -3.57. The molecule has 9 heteroatoms. The van der Waals surface area contributed by atoms with Gasteiger partial charge in [0.1, 0.15) is 11.1 Å². The van der Waals surface area contributed by atoms with Gasteiger partial charge >= 0.3 is 0 Å². The van der Waals surface area contributed by atoms with E-state index < -0.39 is 26.8 Å². The first-order valence-electron chi connectivity index (χ1n) is 8.84. The molecule has 1 atom stereocenters. The minimum absolute atomic E-state index is 0.0178. The number of benzene rings is 1. The van der Waals surface area contributed by atoms with Crippen LogP contribution in [-0.4, -0.2) is 54.8 Å². The highest BCUT2D eigenvalue weighted by Crippen LogP contribution is 2.16. The first-order valence-corrected chi connectivity index (χ1v) is 10.4. The van der Waals surface area contributed by atoms with Gasteiger partial charge in [-0.25, -0.2) is 13.4 Å². The van der Waals surface area contributed by atoms with Gasteiger partial charge in [0.2, 0.25) is 0 Å². The van der Waals surface area contributed by atoms with Crippen molar-refractivity contribution in [1.29, 1.82) is 0 Å². The van der Waals surface area contributed by atoms with Crippen LogP contribution in [0.2, 0.25) is 0 Å². The molecule has 1 aliphatic heterocycles. The molecular formula is C20H20N4O4S. The Morgan fingerprint density at radius 3 is 2.69 bits per heavy atom. The number of aromatic nitrogens is 1. The van der Waals surface area contributed by atoms with E-state index in [1.165, 1.54) is 24.4 Å². The lowest BCUT2D eigenvalue weighted by Crippen LogP contribution is -2.34. The summed E-state index contributed by atoms with van der Waals surface area (Å²) in [5.41, 5.74) is 1.49. The molecule has 1 aromatic carbocycles. The van der Waals surface area contributed by atoms with Gasteiger partial charge in [0.05, 0.1) is 18.0 Å². The Balaban J connectivity index is 1.58. The molecule has 2 aromatic rings. The molecule has 0 fully saturated rings. The number of aliphatic hydroxyl groups is 1. The zero-order valence-electron chi connectivity index (χ0n) is 15.7. The van der Waals surface area contributed by atoms with Crippen molar-refractivity contribution in [3.05, 3.63) is 65.7 Å². The minimum atomic E-state index is -3.57. The summed E-state index contributed by atoms with van der Waals surface area (Å²) in [5, 5.41) is 11.6. The summed E-state index contributed by atoms with van der Waals surface area (Å²) >= 11 is 0. The fourth-order valence-electron chi connectivity index (χ4n) is 2.63. The molecule has 29 heavy (non-hydrogen) atoms. The van der Waals surface area contributed by atoms with Crippen molar-refractivity contribution < 1.29 is 18.3 Å². The molecule has 1 aliphatic rings. The lowest BCUT2D eigenvalue weighted by molar-refractivity contribution is -0.119. The Bertz CT molecular complexity index is 1090. The van der Waals surface area contributed by atoms with Gasteiger partial charge in [-0.3, -0.25) is 14.8 Å². The smallest absolute Gasteiger partial charge is 0.286 e. The van der Waals surface area contributed by atoms with Crippen molar-refractivity contribution in [1.82, 2.24) is 10.3 Å². The molecule has 3 rings (SSSR count). The molecule has 1 amide bonds. The van der Waals surface area contributed by atoms with Crippen LogP contribution in [0.3, 0.4) is 0 Å². The number of pyridine rings is 1. The standard InChI is InChI=1S/C20H20N4O4S/c1-14-10-21-8-7-15(14)9-18(25)20(26)24-13-19-22-11-17(12-23-19)29(27,28)16-5-3-2-4-6-16/h2-11,17,25H,12-13H2,1H3,(H,24,26)/b18-9-. The van der Waals surface area contributed by atoms with Crippen LogP contribution in [0.4, 0.5) is 0 Å². The fraction of sp³-hybridized carbons (Fsp3) is 0.200. The third-order valence-corrected chi connectivity index (χ3v) is 6.31. The van der Waals surface area contributed by atoms with Gasteiger partial charge in [0.25, 0.3) is 5.91 Å². The minimum Gasteiger partial charge on any atom is -0.503 e. The van der Waals surface area contributed by atoms with Gasteiger partial charge in [-0.2, -0.15) is 0 Å². The maximum absolute atomic E-state index is 12.6. The predicted octanol–water partition coefficient (Wildman–Crippen LogP) is 1.73. The predicted molar refractivity (Wildman–Crippen MR) is 111 cm³/mol. The molecule has 8 nitrogen and oxygen atoms in total. The molecule has 0 aliphatic carbocycles. The topological polar surface area (TPSA) is 121 Å². The molecule has 0 radical (unpaired) electrons. The Labute approximate surface area is 168 Å². The van der Waals surface area contributed by atoms with E-state index in [0.717, 1.165) is 5.56 Å². The Morgan fingerprint density at radius 2 is 2.03 bits per heavy atom. The van der Waals surface area contributed by atoms with E-state index in [2.05, 4.69) is 20.3 Å². The average Bonchev–Trinajstić information content (AvgIpc) is 2.74. The van der Waals surface area contributed by atoms with E-state index in [-0.39, 0.29) is 23.8 Å². The largest absolute Gasteiger partial charge is 0.503 e. The summed E-state index contributed by atoms with van der Waals surface area (Å²) in [6, 6.07) is 9.80. The van der Waals surface area contributed by atoms with Gasteiger partial charge in [0, 0.05) is 18.6 Å². The van der Waals surface area contributed by atoms with E-state index in [9.17, 15) is 18.3 Å². The molecule has 1 unspecified atom stereocenters. The Morgan fingerprint density at radius 1 is 1.28 bits per heavy atom. The second-order valence-corrected chi connectivity index (χ2v) is 8.54. The maximum atomic E-state index is 12.6. The van der Waals surface area contributed by atoms with E-state index in [1.807, 2.05) is 6.92 Å². The molecular weight excluding hydrogens is 392 g/mol. The number of rotatable bonds is 6. The number of hydrogen-bond donors (Lipinski definition) is 2. The van der Waals surface area contributed by atoms with Gasteiger partial charge in [-0.15, -0.1) is 0 Å². The third-order valence-electron chi connectivity index (χ3n) is 4.31. The van der Waals surface area contributed by atoms with Crippen molar-refractivity contribution >= 4 is 33.9 Å². The van der Waals surface area contributed by atoms with Gasteiger partial charge < -0.3 is 10.4 Å². The van der Waals surface area contributed by atoms with Gasteiger partial charge in [0.15, 0.2) is 15.6 Å². The van der Waals surface area contributed by atoms with Crippen molar-refractivity contribution in [2.75, 3.05) is 13.1 Å². The molecule has 2 heterocycles. The van der Waals surface area contributed by atoms with Gasteiger partial charge in [-0.05, 0) is 42.3 Å². The molecule has 0 bridgehead atoms. The van der Waals surface area contributed by atoms with E-state index >= 15 is 0 Å². The van der Waals surface area contributed by atoms with Crippen molar-refractivity contribution in [2.45, 2.75) is 17.1 Å². The van der Waals surface area contributed by atoms with E-state index in [1.54, 1.807) is 36.7 Å². The number of amides is 1. The van der Waals surface area contributed by atoms with Crippen LogP contribution in [0.25, 0.3) is 6.08 Å². The number of hydrogen-bond acceptors (Lipinski definition) is 7. The van der Waals surface area contributed by atoms with Crippen LogP contribution in [0.5, 0.6) is 0 Å². The summed E-state index contributed by atoms with van der Waals surface area (Å²) in [5.74, 6) is -0.854. The lowest BCUT2D eigenvalue weighted by atomic mass is 10.1. The number of sulfone groups is 1. The van der Waals surface area contributed by atoms with E-state index in [4.69, 9.17) is 0 Å². The number of aryl methyl sites for hydroxylation is 1. The summed E-state index contributed by atoms with van der Waals surface area (Å²) in [4.78, 5) is 24.4. The molecule has 0 spiro atoms. The van der Waals surface area contributed by atoms with Crippen LogP contribution in [0, 0.1) is 6.92 Å². The Hall–Kier alpha value is -3.33. The molecule has 150 valence electrons. The third kappa shape index (κ3) is 4.94. The first-order chi connectivity index (χ1) is 13.9. The molecule has 0 saturated carbocycles. The molecule has 1 aromatic heterocycles. The number of nitrogens with zero attached hydrogens (tertiary/aromatic N) is 3. The number of carbonyl (C=O) groups excluding carboxylic acids is 1. The highest BCUT2D eigenvalue weighted by atomic mass is 32.2. The van der Waals surface area contributed by atoms with Crippen molar-refractivity contribution in [3.8, 4) is 0 Å². The zero-order valence-corrected chi connectivity index (χ0v) is 16.5. The maximum Gasteiger partial charge on any atom is 0.286 e. The lowest BCUT2D eigenvalue weighted by Gasteiger charge is -2.16. The number of aliphatic hydroxyl groups excluding tert-OH is 1. The average molecular weight is 412 g/mol. The second kappa shape index (κ2) is 8.78. The highest BCUT2D eigenvalue weighted by Gasteiger charge is 2.27. The van der Waals surface area contributed by atoms with Crippen LogP contribution >= 0.6 is 0 Å². The number of nitrogens with one attached hydrogen (secondary N) is 1. The fourth-order valence-corrected chi connectivity index (χ4v) is 4.00. The number of amidine groups is 1. The van der Waals surface area contributed by atoms with Crippen molar-refractivity contribution in [3.63, 3.8) is 0 Å². The van der Waals surface area contributed by atoms with E-state index in [0.29, 0.717) is 5.56 Å². The number of aliphatic imine (C=N–C) groups is 2. The number of carbonyl (C=O) groups is 1.